The molecule has 0 radical (unpaired) electrons. The topological polar surface area (TPSA) is 131 Å². The van der Waals surface area contributed by atoms with Crippen molar-refractivity contribution >= 4 is 33.2 Å². The van der Waals surface area contributed by atoms with Crippen molar-refractivity contribution in [3.63, 3.8) is 0 Å². The Kier molecular flexibility index (Phi) is 7.58. The molecule has 38 heavy (non-hydrogen) atoms. The van der Waals surface area contributed by atoms with Crippen molar-refractivity contribution in [2.45, 2.75) is 32.1 Å². The average Bonchev–Trinajstić information content (AvgIpc) is 2.84. The molecule has 11 heteroatoms. The predicted octanol–water partition coefficient (Wildman–Crippen LogP) is 4.54. The Morgan fingerprint density at radius 1 is 0.868 bits per heavy atom. The summed E-state index contributed by atoms with van der Waals surface area (Å²) in [5, 5.41) is 2.55. The van der Waals surface area contributed by atoms with Crippen molar-refractivity contribution in [1.82, 2.24) is 15.0 Å². The van der Waals surface area contributed by atoms with Crippen LogP contribution in [0.2, 0.25) is 0 Å². The van der Waals surface area contributed by atoms with Gasteiger partial charge in [-0.1, -0.05) is 6.07 Å². The number of ketones is 1. The highest BCUT2D eigenvalue weighted by molar-refractivity contribution is 7.92. The number of aryl methyl sites for hydroxylation is 1. The van der Waals surface area contributed by atoms with E-state index in [0.29, 0.717) is 39.5 Å². The fourth-order valence-electron chi connectivity index (χ4n) is 3.76. The van der Waals surface area contributed by atoms with Crippen LogP contribution in [0.25, 0.3) is 22.3 Å². The Morgan fingerprint density at radius 2 is 1.55 bits per heavy atom. The van der Waals surface area contributed by atoms with Crippen molar-refractivity contribution in [3.8, 4) is 22.3 Å². The van der Waals surface area contributed by atoms with Crippen LogP contribution in [0, 0.1) is 12.7 Å². The van der Waals surface area contributed by atoms with Crippen LogP contribution < -0.4 is 10.0 Å². The fraction of sp³-hybridized carbons (Fsp3) is 0.148. The molecule has 0 spiro atoms. The Balaban J connectivity index is 1.62. The molecule has 0 saturated heterocycles. The molecule has 0 aliphatic heterocycles. The first-order chi connectivity index (χ1) is 18.0. The Hall–Kier alpha value is -4.51. The van der Waals surface area contributed by atoms with Crippen LogP contribution in [-0.2, 0) is 26.0 Å². The standard InChI is InChI=1S/C27H24FN5O4S/c1-16(34)10-23-11-20(6-8-29-23)22-13-25(17(2)31-15-22)33-38(36,37)26-5-4-19(12-24(26)28)21-7-9-30-27(14-21)32-18(3)35/h4-9,11-15,33H,10H2,1-3H3,(H,30,32,35). The number of nitrogens with one attached hydrogen (secondary N) is 2. The molecule has 0 bridgehead atoms. The lowest BCUT2D eigenvalue weighted by atomic mass is 10.1. The van der Waals surface area contributed by atoms with Gasteiger partial charge in [-0.25, -0.2) is 17.8 Å². The number of hydrogen-bond donors (Lipinski definition) is 2. The summed E-state index contributed by atoms with van der Waals surface area (Å²) in [5.41, 5.74) is 3.43. The van der Waals surface area contributed by atoms with Gasteiger partial charge in [0, 0.05) is 43.2 Å². The normalized spacial score (nSPS) is 11.2. The largest absolute Gasteiger partial charge is 0.311 e. The number of amides is 1. The molecule has 0 fully saturated rings. The highest BCUT2D eigenvalue weighted by Gasteiger charge is 2.21. The number of Topliss-reactive ketones (excluding diaryl/α,β-unsaturated/α-hetero) is 1. The van der Waals surface area contributed by atoms with Gasteiger partial charge in [-0.05, 0) is 73.0 Å². The number of carbonyl (C=O) groups is 2. The van der Waals surface area contributed by atoms with E-state index in [1.54, 1.807) is 49.6 Å². The smallest absolute Gasteiger partial charge is 0.264 e. The number of carbonyl (C=O) groups excluding carboxylic acids is 2. The number of aromatic nitrogens is 3. The molecule has 4 aromatic rings. The summed E-state index contributed by atoms with van der Waals surface area (Å²) in [7, 11) is -4.30. The van der Waals surface area contributed by atoms with E-state index in [9.17, 15) is 18.0 Å². The Labute approximate surface area is 219 Å². The van der Waals surface area contributed by atoms with Crippen LogP contribution in [0.4, 0.5) is 15.9 Å². The molecule has 9 nitrogen and oxygen atoms in total. The van der Waals surface area contributed by atoms with Gasteiger partial charge in [0.25, 0.3) is 10.0 Å². The summed E-state index contributed by atoms with van der Waals surface area (Å²) in [4.78, 5) is 34.7. The van der Waals surface area contributed by atoms with Crippen LogP contribution in [0.1, 0.15) is 25.2 Å². The van der Waals surface area contributed by atoms with Gasteiger partial charge in [-0.2, -0.15) is 0 Å². The van der Waals surface area contributed by atoms with E-state index in [0.717, 1.165) is 6.07 Å². The van der Waals surface area contributed by atoms with Gasteiger partial charge >= 0.3 is 0 Å². The summed E-state index contributed by atoms with van der Waals surface area (Å²) >= 11 is 0. The lowest BCUT2D eigenvalue weighted by Crippen LogP contribution is -2.16. The van der Waals surface area contributed by atoms with Gasteiger partial charge in [-0.3, -0.25) is 24.3 Å². The van der Waals surface area contributed by atoms with Crippen LogP contribution in [-0.4, -0.2) is 35.1 Å². The van der Waals surface area contributed by atoms with Crippen molar-refractivity contribution < 1.29 is 22.4 Å². The highest BCUT2D eigenvalue weighted by Crippen LogP contribution is 2.29. The number of sulfonamides is 1. The molecule has 0 aliphatic rings. The van der Waals surface area contributed by atoms with Gasteiger partial charge in [0.1, 0.15) is 22.3 Å². The number of anilines is 2. The average molecular weight is 534 g/mol. The second kappa shape index (κ2) is 10.9. The molecule has 0 saturated carbocycles. The van der Waals surface area contributed by atoms with E-state index in [1.165, 1.54) is 32.2 Å². The second-order valence-corrected chi connectivity index (χ2v) is 10.3. The molecule has 194 valence electrons. The SMILES string of the molecule is CC(=O)Cc1cc(-c2cnc(C)c(NS(=O)(=O)c3ccc(-c4ccnc(NC(C)=O)c4)cc3F)c2)ccn1. The van der Waals surface area contributed by atoms with E-state index in [4.69, 9.17) is 0 Å². The fourth-order valence-corrected chi connectivity index (χ4v) is 4.93. The third-order valence-corrected chi connectivity index (χ3v) is 6.93. The number of rotatable bonds is 8. The van der Waals surface area contributed by atoms with Crippen LogP contribution in [0.15, 0.2) is 72.0 Å². The number of benzene rings is 1. The molecular formula is C27H24FN5O4S. The maximum atomic E-state index is 15.1. The Bertz CT molecular complexity index is 1660. The first-order valence-corrected chi connectivity index (χ1v) is 13.0. The summed E-state index contributed by atoms with van der Waals surface area (Å²) < 4.78 is 43.8. The van der Waals surface area contributed by atoms with Crippen molar-refractivity contribution in [2.24, 2.45) is 0 Å². The van der Waals surface area contributed by atoms with Crippen molar-refractivity contribution in [1.29, 1.82) is 0 Å². The Morgan fingerprint density at radius 3 is 2.24 bits per heavy atom. The molecular weight excluding hydrogens is 509 g/mol. The molecule has 1 aromatic carbocycles. The highest BCUT2D eigenvalue weighted by atomic mass is 32.2. The molecule has 4 rings (SSSR count). The van der Waals surface area contributed by atoms with Gasteiger partial charge in [-0.15, -0.1) is 0 Å². The minimum Gasteiger partial charge on any atom is -0.311 e. The zero-order chi connectivity index (χ0) is 27.4. The van der Waals surface area contributed by atoms with E-state index in [1.807, 2.05) is 0 Å². The summed E-state index contributed by atoms with van der Waals surface area (Å²) in [5.74, 6) is -0.991. The third kappa shape index (κ3) is 6.24. The molecule has 0 aliphatic carbocycles. The van der Waals surface area contributed by atoms with Gasteiger partial charge in [0.15, 0.2) is 0 Å². The first-order valence-electron chi connectivity index (χ1n) is 11.5. The molecule has 0 unspecified atom stereocenters. The van der Waals surface area contributed by atoms with E-state index in [2.05, 4.69) is 25.0 Å². The predicted molar refractivity (Wildman–Crippen MR) is 141 cm³/mol. The molecule has 3 aromatic heterocycles. The number of pyridine rings is 3. The summed E-state index contributed by atoms with van der Waals surface area (Å²) in [6, 6.07) is 12.0. The second-order valence-electron chi connectivity index (χ2n) is 8.63. The molecule has 1 amide bonds. The van der Waals surface area contributed by atoms with Crippen LogP contribution in [0.3, 0.4) is 0 Å². The van der Waals surface area contributed by atoms with E-state index < -0.39 is 20.7 Å². The van der Waals surface area contributed by atoms with Crippen LogP contribution in [0.5, 0.6) is 0 Å². The quantitative estimate of drug-likeness (QED) is 0.340. The number of nitrogens with zero attached hydrogens (tertiary/aromatic N) is 3. The lowest BCUT2D eigenvalue weighted by Gasteiger charge is -2.13. The first kappa shape index (κ1) is 26.6. The van der Waals surface area contributed by atoms with Gasteiger partial charge in [0.05, 0.1) is 11.4 Å². The van der Waals surface area contributed by atoms with Gasteiger partial charge < -0.3 is 5.32 Å². The molecule has 3 heterocycles. The zero-order valence-corrected chi connectivity index (χ0v) is 21.6. The van der Waals surface area contributed by atoms with Crippen molar-refractivity contribution in [3.05, 3.63) is 84.3 Å². The maximum Gasteiger partial charge on any atom is 0.264 e. The molecule has 0 atom stereocenters. The maximum absolute atomic E-state index is 15.1. The van der Waals surface area contributed by atoms with Crippen molar-refractivity contribution in [2.75, 3.05) is 10.0 Å². The van der Waals surface area contributed by atoms with E-state index in [-0.39, 0.29) is 23.8 Å². The monoisotopic (exact) mass is 533 g/mol. The minimum absolute atomic E-state index is 0.0322. The number of halogens is 1. The summed E-state index contributed by atoms with van der Waals surface area (Å²) in [6.45, 7) is 4.45. The third-order valence-electron chi connectivity index (χ3n) is 5.53. The van der Waals surface area contributed by atoms with Gasteiger partial charge in [0.2, 0.25) is 5.91 Å². The summed E-state index contributed by atoms with van der Waals surface area (Å²) in [6.07, 6.45) is 4.78. The zero-order valence-electron chi connectivity index (χ0n) is 20.8. The minimum atomic E-state index is -4.30. The molecule has 2 N–H and O–H groups in total. The lowest BCUT2D eigenvalue weighted by molar-refractivity contribution is -0.116. The van der Waals surface area contributed by atoms with Crippen LogP contribution >= 0.6 is 0 Å². The number of hydrogen-bond acceptors (Lipinski definition) is 7. The van der Waals surface area contributed by atoms with E-state index >= 15 is 4.39 Å².